The molecule has 2 heterocycles. The van der Waals surface area contributed by atoms with Gasteiger partial charge in [0.1, 0.15) is 11.8 Å². The molecule has 2 aromatic rings. The van der Waals surface area contributed by atoms with Crippen molar-refractivity contribution in [3.8, 4) is 0 Å². The SMILES string of the molecule is COC(=O)c1ncnc2c(C=O)c[nH]c12.COF. The molecular weight excluding hydrogens is 245 g/mol. The summed E-state index contributed by atoms with van der Waals surface area (Å²) >= 11 is 0. The van der Waals surface area contributed by atoms with E-state index < -0.39 is 5.97 Å². The van der Waals surface area contributed by atoms with Gasteiger partial charge in [-0.3, -0.25) is 4.79 Å². The van der Waals surface area contributed by atoms with Crippen LogP contribution in [0.25, 0.3) is 11.0 Å². The van der Waals surface area contributed by atoms with Gasteiger partial charge in [-0.05, 0) is 4.53 Å². The lowest BCUT2D eigenvalue weighted by Crippen LogP contribution is -2.05. The summed E-state index contributed by atoms with van der Waals surface area (Å²) in [6.07, 6.45) is 3.35. The number of carbonyl (C=O) groups excluding carboxylic acids is 2. The van der Waals surface area contributed by atoms with Crippen LogP contribution in [0.4, 0.5) is 4.53 Å². The molecule has 2 aromatic heterocycles. The van der Waals surface area contributed by atoms with Crippen LogP contribution in [0.1, 0.15) is 20.8 Å². The molecule has 0 bridgehead atoms. The fourth-order valence-corrected chi connectivity index (χ4v) is 1.30. The maximum absolute atomic E-state index is 11.3. The number of rotatable bonds is 2. The second-order valence-electron chi connectivity index (χ2n) is 2.95. The van der Waals surface area contributed by atoms with Crippen LogP contribution in [0.5, 0.6) is 0 Å². The van der Waals surface area contributed by atoms with Crippen molar-refractivity contribution in [3.63, 3.8) is 0 Å². The Labute approximate surface area is 101 Å². The predicted molar refractivity (Wildman–Crippen MR) is 58.7 cm³/mol. The molecule has 7 nitrogen and oxygen atoms in total. The van der Waals surface area contributed by atoms with Crippen molar-refractivity contribution < 1.29 is 23.8 Å². The molecule has 1 N–H and O–H groups in total. The van der Waals surface area contributed by atoms with Gasteiger partial charge in [0.25, 0.3) is 0 Å². The maximum Gasteiger partial charge on any atom is 0.358 e. The zero-order valence-corrected chi connectivity index (χ0v) is 9.64. The predicted octanol–water partition coefficient (Wildman–Crippen LogP) is 1.07. The minimum Gasteiger partial charge on any atom is -0.464 e. The van der Waals surface area contributed by atoms with E-state index in [2.05, 4.69) is 24.6 Å². The Bertz CT molecular complexity index is 555. The molecule has 0 spiro atoms. The van der Waals surface area contributed by atoms with Gasteiger partial charge in [0.15, 0.2) is 12.0 Å². The normalized spacial score (nSPS) is 9.50. The van der Waals surface area contributed by atoms with Crippen molar-refractivity contribution >= 4 is 23.3 Å². The molecule has 0 aromatic carbocycles. The van der Waals surface area contributed by atoms with E-state index in [1.807, 2.05) is 0 Å². The third-order valence-corrected chi connectivity index (χ3v) is 2.00. The van der Waals surface area contributed by atoms with Crippen LogP contribution in [0, 0.1) is 0 Å². The molecule has 96 valence electrons. The molecule has 18 heavy (non-hydrogen) atoms. The molecule has 0 atom stereocenters. The molecule has 8 heteroatoms. The second kappa shape index (κ2) is 6.40. The Balaban J connectivity index is 0.000000492. The van der Waals surface area contributed by atoms with Gasteiger partial charge in [0.2, 0.25) is 0 Å². The summed E-state index contributed by atoms with van der Waals surface area (Å²) in [5.74, 6) is -0.568. The largest absolute Gasteiger partial charge is 0.464 e. The molecule has 0 fully saturated rings. The summed E-state index contributed by atoms with van der Waals surface area (Å²) in [6, 6.07) is 0. The van der Waals surface area contributed by atoms with E-state index in [1.54, 1.807) is 0 Å². The van der Waals surface area contributed by atoms with Crippen LogP contribution in [0.2, 0.25) is 0 Å². The quantitative estimate of drug-likeness (QED) is 0.637. The molecule has 0 aliphatic heterocycles. The number of halogens is 1. The van der Waals surface area contributed by atoms with Crippen LogP contribution in [0.15, 0.2) is 12.5 Å². The van der Waals surface area contributed by atoms with Gasteiger partial charge in [-0.2, -0.15) is 4.94 Å². The summed E-state index contributed by atoms with van der Waals surface area (Å²) in [5, 5.41) is 0. The number of H-pyrrole nitrogens is 1. The molecule has 0 aliphatic carbocycles. The van der Waals surface area contributed by atoms with Crippen molar-refractivity contribution in [2.45, 2.75) is 0 Å². The number of carbonyl (C=O) groups is 2. The molecule has 2 rings (SSSR count). The number of aromatic amines is 1. The van der Waals surface area contributed by atoms with Crippen molar-refractivity contribution in [1.29, 1.82) is 0 Å². The fourth-order valence-electron chi connectivity index (χ4n) is 1.30. The van der Waals surface area contributed by atoms with Crippen molar-refractivity contribution in [2.75, 3.05) is 14.2 Å². The minimum absolute atomic E-state index is 0.121. The summed E-state index contributed by atoms with van der Waals surface area (Å²) in [7, 11) is 2.22. The highest BCUT2D eigenvalue weighted by molar-refractivity contribution is 6.04. The lowest BCUT2D eigenvalue weighted by Gasteiger charge is -1.98. The first-order chi connectivity index (χ1) is 8.69. The zero-order chi connectivity index (χ0) is 13.5. The third kappa shape index (κ3) is 2.66. The first kappa shape index (κ1) is 13.7. The number of nitrogens with zero attached hydrogens (tertiary/aromatic N) is 2. The van der Waals surface area contributed by atoms with Gasteiger partial charge in [-0.15, -0.1) is 0 Å². The zero-order valence-electron chi connectivity index (χ0n) is 9.64. The van der Waals surface area contributed by atoms with E-state index in [4.69, 9.17) is 0 Å². The highest BCUT2D eigenvalue weighted by Crippen LogP contribution is 2.16. The summed E-state index contributed by atoms with van der Waals surface area (Å²) in [4.78, 5) is 35.2. The van der Waals surface area contributed by atoms with Crippen LogP contribution in [-0.4, -0.2) is 41.4 Å². The minimum atomic E-state index is -0.568. The Morgan fingerprint density at radius 1 is 1.44 bits per heavy atom. The van der Waals surface area contributed by atoms with E-state index in [0.717, 1.165) is 7.11 Å². The molecular formula is C10H10FN3O4. The van der Waals surface area contributed by atoms with Crippen molar-refractivity contribution in [3.05, 3.63) is 23.8 Å². The number of hydrogen-bond donors (Lipinski definition) is 1. The third-order valence-electron chi connectivity index (χ3n) is 2.00. The average molecular weight is 255 g/mol. The summed E-state index contributed by atoms with van der Waals surface area (Å²) in [5.41, 5.74) is 1.33. The Morgan fingerprint density at radius 2 is 2.11 bits per heavy atom. The van der Waals surface area contributed by atoms with Gasteiger partial charge >= 0.3 is 5.97 Å². The smallest absolute Gasteiger partial charge is 0.358 e. The number of nitrogens with one attached hydrogen (secondary N) is 1. The van der Waals surface area contributed by atoms with Gasteiger partial charge < -0.3 is 9.72 Å². The van der Waals surface area contributed by atoms with E-state index in [9.17, 15) is 14.1 Å². The van der Waals surface area contributed by atoms with Gasteiger partial charge in [0.05, 0.1) is 25.3 Å². The Hall–Kier alpha value is -2.35. The van der Waals surface area contributed by atoms with E-state index >= 15 is 0 Å². The number of aromatic nitrogens is 3. The topological polar surface area (TPSA) is 94.2 Å². The Morgan fingerprint density at radius 3 is 2.67 bits per heavy atom. The van der Waals surface area contributed by atoms with Gasteiger partial charge in [-0.25, -0.2) is 14.8 Å². The number of ether oxygens (including phenoxy) is 1. The monoisotopic (exact) mass is 255 g/mol. The van der Waals surface area contributed by atoms with Gasteiger partial charge in [0, 0.05) is 6.20 Å². The number of fused-ring (bicyclic) bond motifs is 1. The average Bonchev–Trinajstić information content (AvgIpc) is 2.81. The lowest BCUT2D eigenvalue weighted by molar-refractivity contribution is -0.0960. The maximum atomic E-state index is 11.3. The fraction of sp³-hybridized carbons (Fsp3) is 0.200. The van der Waals surface area contributed by atoms with Gasteiger partial charge in [-0.1, -0.05) is 0 Å². The molecule has 0 amide bonds. The van der Waals surface area contributed by atoms with Crippen LogP contribution in [-0.2, 0) is 9.68 Å². The number of methoxy groups -OCH3 is 1. The highest BCUT2D eigenvalue weighted by Gasteiger charge is 2.15. The first-order valence-electron chi connectivity index (χ1n) is 4.69. The Kier molecular flexibility index (Phi) is 4.88. The van der Waals surface area contributed by atoms with Crippen LogP contribution in [0.3, 0.4) is 0 Å². The molecule has 0 radical (unpaired) electrons. The second-order valence-corrected chi connectivity index (χ2v) is 2.95. The standard InChI is InChI=1S/C9H7N3O3.CH3FO/c1-15-9(14)8-7-6(11-4-12-8)5(3-13)2-10-7;1-3-2/h2-4,10H,1H3;1H3. The summed E-state index contributed by atoms with van der Waals surface area (Å²) in [6.45, 7) is 0. The lowest BCUT2D eigenvalue weighted by atomic mass is 10.2. The van der Waals surface area contributed by atoms with Crippen LogP contribution < -0.4 is 0 Å². The van der Waals surface area contributed by atoms with Crippen molar-refractivity contribution in [1.82, 2.24) is 15.0 Å². The van der Waals surface area contributed by atoms with E-state index in [0.29, 0.717) is 22.9 Å². The number of aldehydes is 1. The molecule has 0 aliphatic rings. The number of esters is 1. The van der Waals surface area contributed by atoms with Crippen molar-refractivity contribution in [2.24, 2.45) is 0 Å². The first-order valence-corrected chi connectivity index (χ1v) is 4.69. The van der Waals surface area contributed by atoms with E-state index in [-0.39, 0.29) is 5.69 Å². The molecule has 0 saturated heterocycles. The van der Waals surface area contributed by atoms with Crippen LogP contribution >= 0.6 is 0 Å². The molecule has 0 unspecified atom stereocenters. The summed E-state index contributed by atoms with van der Waals surface area (Å²) < 4.78 is 14.3. The molecule has 0 saturated carbocycles. The highest BCUT2D eigenvalue weighted by atomic mass is 19.3. The van der Waals surface area contributed by atoms with E-state index in [1.165, 1.54) is 19.6 Å². The number of hydrogen-bond acceptors (Lipinski definition) is 6.